The molecule has 0 radical (unpaired) electrons. The van der Waals surface area contributed by atoms with Crippen molar-refractivity contribution in [3.63, 3.8) is 0 Å². The highest BCUT2D eigenvalue weighted by molar-refractivity contribution is 5.48. The molecule has 0 saturated carbocycles. The Balaban J connectivity index is 1.49. The van der Waals surface area contributed by atoms with E-state index in [2.05, 4.69) is 34.2 Å². The number of halogens is 3. The van der Waals surface area contributed by atoms with E-state index in [-0.39, 0.29) is 0 Å². The molecule has 0 unspecified atom stereocenters. The maximum absolute atomic E-state index is 12.6. The van der Waals surface area contributed by atoms with Crippen LogP contribution < -0.4 is 4.90 Å². The van der Waals surface area contributed by atoms with Crippen LogP contribution in [0.4, 0.5) is 19.0 Å². The first-order valence-corrected chi connectivity index (χ1v) is 8.24. The molecule has 3 rings (SSSR count). The van der Waals surface area contributed by atoms with E-state index in [4.69, 9.17) is 0 Å². The Hall–Kier alpha value is -2.34. The Bertz CT molecular complexity index is 688. The van der Waals surface area contributed by atoms with Gasteiger partial charge in [0.25, 0.3) is 0 Å². The summed E-state index contributed by atoms with van der Waals surface area (Å²) in [6.45, 7) is 4.11. The van der Waals surface area contributed by atoms with Gasteiger partial charge in [-0.25, -0.2) is 4.98 Å². The van der Waals surface area contributed by atoms with E-state index in [1.165, 1.54) is 11.6 Å². The molecule has 0 atom stereocenters. The van der Waals surface area contributed by atoms with Crippen LogP contribution >= 0.6 is 0 Å². The first kappa shape index (κ1) is 17.5. The zero-order valence-electron chi connectivity index (χ0n) is 13.8. The molecule has 0 spiro atoms. The molecule has 3 nitrogen and oxygen atoms in total. The van der Waals surface area contributed by atoms with Crippen LogP contribution in [0.3, 0.4) is 0 Å². The third kappa shape index (κ3) is 4.82. The molecule has 0 amide bonds. The van der Waals surface area contributed by atoms with Gasteiger partial charge in [-0.15, -0.1) is 0 Å². The van der Waals surface area contributed by atoms with Crippen LogP contribution in [-0.4, -0.2) is 42.6 Å². The topological polar surface area (TPSA) is 19.4 Å². The van der Waals surface area contributed by atoms with Gasteiger partial charge < -0.3 is 4.90 Å². The number of anilines is 1. The highest BCUT2D eigenvalue weighted by Gasteiger charge is 2.31. The molecule has 0 N–H and O–H groups in total. The molecule has 1 aromatic heterocycles. The number of rotatable bonds is 4. The second kappa shape index (κ2) is 7.70. The number of benzene rings is 1. The Labute approximate surface area is 145 Å². The van der Waals surface area contributed by atoms with E-state index in [0.29, 0.717) is 5.82 Å². The van der Waals surface area contributed by atoms with Crippen molar-refractivity contribution in [2.24, 2.45) is 0 Å². The summed E-state index contributed by atoms with van der Waals surface area (Å²) in [5.41, 5.74) is 0.469. The number of hydrogen-bond donors (Lipinski definition) is 0. The minimum Gasteiger partial charge on any atom is -0.354 e. The Morgan fingerprint density at radius 3 is 2.28 bits per heavy atom. The molecule has 1 aliphatic heterocycles. The lowest BCUT2D eigenvalue weighted by Crippen LogP contribution is -2.46. The largest absolute Gasteiger partial charge is 0.417 e. The highest BCUT2D eigenvalue weighted by atomic mass is 19.4. The number of hydrogen-bond acceptors (Lipinski definition) is 3. The number of aromatic nitrogens is 1. The summed E-state index contributed by atoms with van der Waals surface area (Å²) >= 11 is 0. The SMILES string of the molecule is FC(F)(F)c1ccc(N2CCN(CC=Cc3ccccc3)CC2)nc1. The third-order valence-corrected chi connectivity index (χ3v) is 4.24. The monoisotopic (exact) mass is 347 g/mol. The normalized spacial score (nSPS) is 16.5. The molecular formula is C19H20F3N3. The average molecular weight is 347 g/mol. The molecule has 0 bridgehead atoms. The zero-order valence-corrected chi connectivity index (χ0v) is 13.8. The fraction of sp³-hybridized carbons (Fsp3) is 0.316. The van der Waals surface area contributed by atoms with E-state index in [1.54, 1.807) is 0 Å². The highest BCUT2D eigenvalue weighted by Crippen LogP contribution is 2.29. The fourth-order valence-corrected chi connectivity index (χ4v) is 2.80. The molecule has 6 heteroatoms. The molecular weight excluding hydrogens is 327 g/mol. The van der Waals surface area contributed by atoms with Gasteiger partial charge in [-0.05, 0) is 17.7 Å². The van der Waals surface area contributed by atoms with Gasteiger partial charge in [-0.3, -0.25) is 4.90 Å². The van der Waals surface area contributed by atoms with E-state index >= 15 is 0 Å². The summed E-state index contributed by atoms with van der Waals surface area (Å²) in [6.07, 6.45) is 0.810. The molecule has 0 aliphatic carbocycles. The molecule has 1 fully saturated rings. The molecule has 1 aliphatic rings. The number of piperazine rings is 1. The van der Waals surface area contributed by atoms with E-state index < -0.39 is 11.7 Å². The Kier molecular flexibility index (Phi) is 5.38. The first-order chi connectivity index (χ1) is 12.0. The van der Waals surface area contributed by atoms with Crippen molar-refractivity contribution >= 4 is 11.9 Å². The van der Waals surface area contributed by atoms with Crippen molar-refractivity contribution in [2.75, 3.05) is 37.6 Å². The fourth-order valence-electron chi connectivity index (χ4n) is 2.80. The van der Waals surface area contributed by atoms with Crippen LogP contribution in [0.1, 0.15) is 11.1 Å². The molecule has 1 aromatic carbocycles. The van der Waals surface area contributed by atoms with Gasteiger partial charge >= 0.3 is 6.18 Å². The van der Waals surface area contributed by atoms with Crippen molar-refractivity contribution in [1.29, 1.82) is 0 Å². The van der Waals surface area contributed by atoms with Gasteiger partial charge in [0, 0.05) is 38.9 Å². The van der Waals surface area contributed by atoms with E-state index in [0.717, 1.165) is 45.0 Å². The van der Waals surface area contributed by atoms with Crippen LogP contribution in [0.2, 0.25) is 0 Å². The van der Waals surface area contributed by atoms with Gasteiger partial charge in [-0.2, -0.15) is 13.2 Å². The van der Waals surface area contributed by atoms with Crippen LogP contribution in [0.5, 0.6) is 0 Å². The van der Waals surface area contributed by atoms with Crippen LogP contribution in [0, 0.1) is 0 Å². The molecule has 2 heterocycles. The van der Waals surface area contributed by atoms with E-state index in [9.17, 15) is 13.2 Å². The van der Waals surface area contributed by atoms with Gasteiger partial charge in [0.2, 0.25) is 0 Å². The number of nitrogens with zero attached hydrogens (tertiary/aromatic N) is 3. The van der Waals surface area contributed by atoms with Crippen molar-refractivity contribution in [1.82, 2.24) is 9.88 Å². The molecule has 132 valence electrons. The van der Waals surface area contributed by atoms with Crippen LogP contribution in [0.15, 0.2) is 54.7 Å². The second-order valence-corrected chi connectivity index (χ2v) is 6.00. The smallest absolute Gasteiger partial charge is 0.354 e. The van der Waals surface area contributed by atoms with Crippen molar-refractivity contribution < 1.29 is 13.2 Å². The Morgan fingerprint density at radius 2 is 1.68 bits per heavy atom. The van der Waals surface area contributed by atoms with Gasteiger partial charge in [-0.1, -0.05) is 42.5 Å². The van der Waals surface area contributed by atoms with Crippen molar-refractivity contribution in [2.45, 2.75) is 6.18 Å². The lowest BCUT2D eigenvalue weighted by atomic mass is 10.2. The van der Waals surface area contributed by atoms with Gasteiger partial charge in [0.05, 0.1) is 5.56 Å². The summed E-state index contributed by atoms with van der Waals surface area (Å²) in [4.78, 5) is 8.31. The second-order valence-electron chi connectivity index (χ2n) is 6.00. The maximum Gasteiger partial charge on any atom is 0.417 e. The predicted octanol–water partition coefficient (Wildman–Crippen LogP) is 3.94. The molecule has 2 aromatic rings. The maximum atomic E-state index is 12.6. The van der Waals surface area contributed by atoms with Gasteiger partial charge in [0.1, 0.15) is 5.82 Å². The Morgan fingerprint density at radius 1 is 0.960 bits per heavy atom. The van der Waals surface area contributed by atoms with Crippen molar-refractivity contribution in [3.8, 4) is 0 Å². The average Bonchev–Trinajstić information content (AvgIpc) is 2.63. The zero-order chi connectivity index (χ0) is 17.7. The summed E-state index contributed by atoms with van der Waals surface area (Å²) in [7, 11) is 0. The lowest BCUT2D eigenvalue weighted by molar-refractivity contribution is -0.137. The van der Waals surface area contributed by atoms with E-state index in [1.807, 2.05) is 23.1 Å². The van der Waals surface area contributed by atoms with Crippen LogP contribution in [0.25, 0.3) is 6.08 Å². The molecule has 1 saturated heterocycles. The first-order valence-electron chi connectivity index (χ1n) is 8.24. The molecule has 25 heavy (non-hydrogen) atoms. The standard InChI is InChI=1S/C19H20F3N3/c20-19(21,22)17-8-9-18(23-15-17)25-13-11-24(12-14-25)10-4-7-16-5-2-1-3-6-16/h1-9,15H,10-14H2. The summed E-state index contributed by atoms with van der Waals surface area (Å²) in [5, 5.41) is 0. The summed E-state index contributed by atoms with van der Waals surface area (Å²) in [5.74, 6) is 0.604. The van der Waals surface area contributed by atoms with Crippen molar-refractivity contribution in [3.05, 3.63) is 65.9 Å². The third-order valence-electron chi connectivity index (χ3n) is 4.24. The van der Waals surface area contributed by atoms with Crippen LogP contribution in [-0.2, 0) is 6.18 Å². The minimum absolute atomic E-state index is 0.604. The van der Waals surface area contributed by atoms with Gasteiger partial charge in [0.15, 0.2) is 0 Å². The number of pyridine rings is 1. The lowest BCUT2D eigenvalue weighted by Gasteiger charge is -2.34. The quantitative estimate of drug-likeness (QED) is 0.835. The predicted molar refractivity (Wildman–Crippen MR) is 93.4 cm³/mol. The minimum atomic E-state index is -4.34. The number of alkyl halides is 3. The summed E-state index contributed by atoms with van der Waals surface area (Å²) < 4.78 is 37.8. The summed E-state index contributed by atoms with van der Waals surface area (Å²) in [6, 6.07) is 12.7.